The number of fused-ring (bicyclic) bond motifs is 1. The van der Waals surface area contributed by atoms with Crippen molar-refractivity contribution < 1.29 is 23.5 Å². The molecule has 0 spiro atoms. The van der Waals surface area contributed by atoms with Crippen molar-refractivity contribution in [3.8, 4) is 0 Å². The van der Waals surface area contributed by atoms with E-state index in [0.717, 1.165) is 11.1 Å². The highest BCUT2D eigenvalue weighted by atomic mass is 31.2. The first kappa shape index (κ1) is 16.2. The third kappa shape index (κ3) is 3.35. The van der Waals surface area contributed by atoms with Gasteiger partial charge in [-0.05, 0) is 37.5 Å². The quantitative estimate of drug-likeness (QED) is 0.777. The molecule has 2 N–H and O–H groups in total. The summed E-state index contributed by atoms with van der Waals surface area (Å²) < 4.78 is 23.7. The third-order valence-electron chi connectivity index (χ3n) is 3.39. The maximum absolute atomic E-state index is 13.0. The molecule has 1 aromatic rings. The Kier molecular flexibility index (Phi) is 5.17. The van der Waals surface area contributed by atoms with Gasteiger partial charge in [0.1, 0.15) is 6.04 Å². The van der Waals surface area contributed by atoms with Crippen LogP contribution in [0, 0.1) is 0 Å². The molecule has 21 heavy (non-hydrogen) atoms. The van der Waals surface area contributed by atoms with Crippen LogP contribution in [0.15, 0.2) is 18.2 Å². The molecule has 1 atom stereocenters. The highest BCUT2D eigenvalue weighted by Gasteiger charge is 2.34. The predicted molar refractivity (Wildman–Crippen MR) is 78.9 cm³/mol. The molecular weight excluding hydrogens is 293 g/mol. The third-order valence-corrected chi connectivity index (χ3v) is 5.59. The standard InChI is InChI=1S/C14H20NO5P/c1-3-19-21(18,20-4-2)13-7-5-6-10-9-15-12(14(16)17)8-11(10)13/h5-7,12,15H,3-4,8-9H2,1-2H3,(H,16,17). The smallest absolute Gasteiger partial charge is 0.361 e. The van der Waals surface area contributed by atoms with Gasteiger partial charge in [-0.15, -0.1) is 0 Å². The molecule has 0 saturated carbocycles. The summed E-state index contributed by atoms with van der Waals surface area (Å²) in [5, 5.41) is 12.6. The maximum Gasteiger partial charge on any atom is 0.361 e. The van der Waals surface area contributed by atoms with Crippen molar-refractivity contribution in [1.29, 1.82) is 0 Å². The zero-order valence-corrected chi connectivity index (χ0v) is 13.1. The van der Waals surface area contributed by atoms with Gasteiger partial charge in [0, 0.05) is 6.54 Å². The van der Waals surface area contributed by atoms with E-state index in [-0.39, 0.29) is 19.6 Å². The van der Waals surface area contributed by atoms with Gasteiger partial charge in [-0.3, -0.25) is 9.36 Å². The minimum Gasteiger partial charge on any atom is -0.480 e. The minimum atomic E-state index is -3.41. The largest absolute Gasteiger partial charge is 0.480 e. The lowest BCUT2D eigenvalue weighted by Gasteiger charge is -2.27. The van der Waals surface area contributed by atoms with Gasteiger partial charge in [0.2, 0.25) is 0 Å². The summed E-state index contributed by atoms with van der Waals surface area (Å²) in [5.74, 6) is -0.918. The van der Waals surface area contributed by atoms with Gasteiger partial charge >= 0.3 is 13.6 Å². The first-order chi connectivity index (χ1) is 10.0. The zero-order chi connectivity index (χ0) is 15.5. The van der Waals surface area contributed by atoms with Gasteiger partial charge in [-0.1, -0.05) is 12.1 Å². The number of carbonyl (C=O) groups is 1. The van der Waals surface area contributed by atoms with Crippen LogP contribution in [-0.4, -0.2) is 30.3 Å². The van der Waals surface area contributed by atoms with Crippen molar-refractivity contribution in [2.24, 2.45) is 0 Å². The van der Waals surface area contributed by atoms with Crippen LogP contribution in [-0.2, 0) is 31.4 Å². The molecule has 0 aromatic heterocycles. The molecule has 0 amide bonds. The van der Waals surface area contributed by atoms with E-state index in [2.05, 4.69) is 5.32 Å². The van der Waals surface area contributed by atoms with Crippen molar-refractivity contribution in [3.05, 3.63) is 29.3 Å². The normalized spacial score (nSPS) is 18.3. The Morgan fingerprint density at radius 2 is 2.05 bits per heavy atom. The van der Waals surface area contributed by atoms with Gasteiger partial charge in [-0.2, -0.15) is 0 Å². The second kappa shape index (κ2) is 6.71. The number of hydrogen-bond donors (Lipinski definition) is 2. The van der Waals surface area contributed by atoms with Crippen LogP contribution < -0.4 is 10.6 Å². The number of rotatable bonds is 6. The monoisotopic (exact) mass is 313 g/mol. The van der Waals surface area contributed by atoms with E-state index >= 15 is 0 Å². The molecule has 2 rings (SSSR count). The molecule has 0 aliphatic carbocycles. The van der Waals surface area contributed by atoms with Gasteiger partial charge in [-0.25, -0.2) is 0 Å². The van der Waals surface area contributed by atoms with E-state index in [1.165, 1.54) is 0 Å². The first-order valence-electron chi connectivity index (χ1n) is 6.98. The molecule has 6 nitrogen and oxygen atoms in total. The lowest BCUT2D eigenvalue weighted by atomic mass is 9.96. The van der Waals surface area contributed by atoms with Gasteiger partial charge < -0.3 is 19.5 Å². The van der Waals surface area contributed by atoms with Gasteiger partial charge in [0.25, 0.3) is 0 Å². The lowest BCUT2D eigenvalue weighted by Crippen LogP contribution is -2.43. The maximum atomic E-state index is 13.0. The predicted octanol–water partition coefficient (Wildman–Crippen LogP) is 1.68. The summed E-state index contributed by atoms with van der Waals surface area (Å²) in [6, 6.07) is 4.71. The molecule has 1 aliphatic heterocycles. The summed E-state index contributed by atoms with van der Waals surface area (Å²) in [6.07, 6.45) is 0.269. The topological polar surface area (TPSA) is 84.9 Å². The molecule has 116 valence electrons. The van der Waals surface area contributed by atoms with Crippen molar-refractivity contribution in [3.63, 3.8) is 0 Å². The van der Waals surface area contributed by atoms with E-state index in [9.17, 15) is 14.5 Å². The molecule has 0 fully saturated rings. The Labute approximate surface area is 124 Å². The Morgan fingerprint density at radius 3 is 2.62 bits per heavy atom. The van der Waals surface area contributed by atoms with Crippen LogP contribution in [0.3, 0.4) is 0 Å². The average molecular weight is 313 g/mol. The van der Waals surface area contributed by atoms with Crippen LogP contribution in [0.1, 0.15) is 25.0 Å². The molecule has 1 heterocycles. The molecule has 1 aromatic carbocycles. The van der Waals surface area contributed by atoms with E-state index in [4.69, 9.17) is 9.05 Å². The SMILES string of the molecule is CCOP(=O)(OCC)c1cccc2c1CC(C(=O)O)NC2. The highest BCUT2D eigenvalue weighted by molar-refractivity contribution is 7.62. The van der Waals surface area contributed by atoms with Crippen LogP contribution in [0.5, 0.6) is 0 Å². The highest BCUT2D eigenvalue weighted by Crippen LogP contribution is 2.48. The molecule has 1 aliphatic rings. The average Bonchev–Trinajstić information content (AvgIpc) is 2.46. The molecular formula is C14H20NO5P. The second-order valence-corrected chi connectivity index (χ2v) is 6.72. The summed E-state index contributed by atoms with van der Waals surface area (Å²) in [5.41, 5.74) is 1.69. The second-order valence-electron chi connectivity index (χ2n) is 4.72. The minimum absolute atomic E-state index is 0.265. The fourth-order valence-electron chi connectivity index (χ4n) is 2.48. The van der Waals surface area contributed by atoms with E-state index in [1.807, 2.05) is 6.07 Å². The van der Waals surface area contributed by atoms with Gasteiger partial charge in [0.05, 0.1) is 18.5 Å². The van der Waals surface area contributed by atoms with E-state index < -0.39 is 19.6 Å². The van der Waals surface area contributed by atoms with Crippen LogP contribution >= 0.6 is 7.60 Å². The van der Waals surface area contributed by atoms with E-state index in [0.29, 0.717) is 11.8 Å². The summed E-state index contributed by atoms with van der Waals surface area (Å²) in [6.45, 7) is 4.47. The summed E-state index contributed by atoms with van der Waals surface area (Å²) in [4.78, 5) is 11.2. The summed E-state index contributed by atoms with van der Waals surface area (Å²) >= 11 is 0. The van der Waals surface area contributed by atoms with Crippen LogP contribution in [0.4, 0.5) is 0 Å². The molecule has 1 unspecified atom stereocenters. The fourth-order valence-corrected chi connectivity index (χ4v) is 4.35. The van der Waals surface area contributed by atoms with Crippen LogP contribution in [0.2, 0.25) is 0 Å². The number of carboxylic acid groups (broad SMARTS) is 1. The molecule has 0 radical (unpaired) electrons. The van der Waals surface area contributed by atoms with Crippen LogP contribution in [0.25, 0.3) is 0 Å². The van der Waals surface area contributed by atoms with Crippen molar-refractivity contribution in [1.82, 2.24) is 5.32 Å². The zero-order valence-electron chi connectivity index (χ0n) is 12.2. The van der Waals surface area contributed by atoms with Gasteiger partial charge in [0.15, 0.2) is 0 Å². The number of carboxylic acids is 1. The van der Waals surface area contributed by atoms with E-state index in [1.54, 1.807) is 26.0 Å². The molecule has 0 saturated heterocycles. The number of benzene rings is 1. The van der Waals surface area contributed by atoms with Crippen molar-refractivity contribution in [2.45, 2.75) is 32.9 Å². The Morgan fingerprint density at radius 1 is 1.38 bits per heavy atom. The van der Waals surface area contributed by atoms with Crippen molar-refractivity contribution >= 4 is 18.9 Å². The molecule has 0 bridgehead atoms. The Hall–Kier alpha value is -1.20. The first-order valence-corrected chi connectivity index (χ1v) is 8.52. The fraction of sp³-hybridized carbons (Fsp3) is 0.500. The lowest BCUT2D eigenvalue weighted by molar-refractivity contribution is -0.139. The number of nitrogens with one attached hydrogen (secondary N) is 1. The summed E-state index contributed by atoms with van der Waals surface area (Å²) in [7, 11) is -3.41. The number of aliphatic carboxylic acids is 1. The Balaban J connectivity index is 2.45. The van der Waals surface area contributed by atoms with Crippen molar-refractivity contribution in [2.75, 3.05) is 13.2 Å². The Bertz CT molecular complexity index is 564. The molecule has 7 heteroatoms. The number of hydrogen-bond acceptors (Lipinski definition) is 5.